The maximum absolute atomic E-state index is 11.7. The predicted octanol–water partition coefficient (Wildman–Crippen LogP) is 1.09. The van der Waals surface area contributed by atoms with Crippen LogP contribution in [-0.2, 0) is 16.1 Å². The Morgan fingerprint density at radius 1 is 1.44 bits per heavy atom. The van der Waals surface area contributed by atoms with E-state index in [4.69, 9.17) is 4.74 Å². The van der Waals surface area contributed by atoms with Crippen molar-refractivity contribution < 1.29 is 14.6 Å². The van der Waals surface area contributed by atoms with E-state index >= 15 is 0 Å². The van der Waals surface area contributed by atoms with Crippen LogP contribution in [0.15, 0.2) is 30.3 Å². The molecule has 0 radical (unpaired) electrons. The molecule has 0 aromatic heterocycles. The van der Waals surface area contributed by atoms with Crippen LogP contribution in [0.2, 0.25) is 0 Å². The molecule has 2 atom stereocenters. The zero-order valence-corrected chi connectivity index (χ0v) is 10.3. The number of carbonyl (C=O) groups excluding carboxylic acids is 1. The van der Waals surface area contributed by atoms with Gasteiger partial charge in [-0.1, -0.05) is 30.3 Å². The zero-order valence-electron chi connectivity index (χ0n) is 10.3. The number of hydrogen-bond acceptors (Lipinski definition) is 4. The third kappa shape index (κ3) is 3.55. The minimum absolute atomic E-state index is 0.0259. The van der Waals surface area contributed by atoms with E-state index in [0.29, 0.717) is 6.54 Å². The third-order valence-electron chi connectivity index (χ3n) is 3.25. The fourth-order valence-corrected chi connectivity index (χ4v) is 2.15. The quantitative estimate of drug-likeness (QED) is 0.784. The number of hydrogen-bond donors (Lipinski definition) is 2. The molecule has 1 heterocycles. The Kier molecular flexibility index (Phi) is 4.73. The monoisotopic (exact) mass is 249 g/mol. The summed E-state index contributed by atoms with van der Waals surface area (Å²) in [5, 5.41) is 13.1. The lowest BCUT2D eigenvalue weighted by Gasteiger charge is -2.25. The number of aliphatic hydroxyl groups is 1. The molecule has 1 saturated heterocycles. The number of rotatable bonds is 4. The molecule has 1 aliphatic heterocycles. The highest BCUT2D eigenvalue weighted by molar-refractivity contribution is 5.74. The van der Waals surface area contributed by atoms with Crippen molar-refractivity contribution in [3.05, 3.63) is 35.9 Å². The summed E-state index contributed by atoms with van der Waals surface area (Å²) in [6.45, 7) is 1.86. The minimum Gasteiger partial charge on any atom is -0.459 e. The van der Waals surface area contributed by atoms with E-state index in [0.717, 1.165) is 24.9 Å². The number of ether oxygens (including phenoxy) is 1. The van der Waals surface area contributed by atoms with Crippen molar-refractivity contribution in [2.75, 3.05) is 13.1 Å². The number of benzene rings is 1. The topological polar surface area (TPSA) is 58.6 Å². The second-order valence-electron chi connectivity index (χ2n) is 4.64. The highest BCUT2D eigenvalue weighted by atomic mass is 16.5. The van der Waals surface area contributed by atoms with Crippen LogP contribution in [0.1, 0.15) is 18.4 Å². The molecular weight excluding hydrogens is 230 g/mol. The van der Waals surface area contributed by atoms with Crippen LogP contribution in [0.4, 0.5) is 0 Å². The lowest BCUT2D eigenvalue weighted by Crippen LogP contribution is -2.41. The Labute approximate surface area is 107 Å². The molecule has 2 N–H and O–H groups in total. The van der Waals surface area contributed by atoms with Gasteiger partial charge < -0.3 is 15.2 Å². The van der Waals surface area contributed by atoms with Gasteiger partial charge in [-0.2, -0.15) is 0 Å². The van der Waals surface area contributed by atoms with Crippen molar-refractivity contribution in [1.29, 1.82) is 0 Å². The normalized spacial score (nSPS) is 21.3. The van der Waals surface area contributed by atoms with Gasteiger partial charge in [0.2, 0.25) is 0 Å². The largest absolute Gasteiger partial charge is 0.459 e. The molecule has 0 saturated carbocycles. The van der Waals surface area contributed by atoms with E-state index in [9.17, 15) is 9.90 Å². The minimum atomic E-state index is -1.01. The van der Waals surface area contributed by atoms with Crippen molar-refractivity contribution >= 4 is 5.97 Å². The first-order valence-corrected chi connectivity index (χ1v) is 6.36. The third-order valence-corrected chi connectivity index (χ3v) is 3.25. The summed E-state index contributed by atoms with van der Waals surface area (Å²) in [6, 6.07) is 9.48. The van der Waals surface area contributed by atoms with E-state index in [1.807, 2.05) is 30.3 Å². The Morgan fingerprint density at radius 2 is 2.22 bits per heavy atom. The van der Waals surface area contributed by atoms with Gasteiger partial charge in [0.25, 0.3) is 0 Å². The van der Waals surface area contributed by atoms with Crippen LogP contribution in [0.5, 0.6) is 0 Å². The van der Waals surface area contributed by atoms with Crippen molar-refractivity contribution in [1.82, 2.24) is 5.32 Å². The van der Waals surface area contributed by atoms with E-state index < -0.39 is 12.1 Å². The number of esters is 1. The predicted molar refractivity (Wildman–Crippen MR) is 67.8 cm³/mol. The van der Waals surface area contributed by atoms with Crippen LogP contribution in [0, 0.1) is 5.92 Å². The van der Waals surface area contributed by atoms with Gasteiger partial charge in [-0.15, -0.1) is 0 Å². The number of piperidine rings is 1. The molecule has 0 spiro atoms. The molecule has 18 heavy (non-hydrogen) atoms. The molecule has 0 bridgehead atoms. The van der Waals surface area contributed by atoms with E-state index in [1.165, 1.54) is 0 Å². The van der Waals surface area contributed by atoms with Gasteiger partial charge in [-0.25, -0.2) is 4.79 Å². The molecule has 1 aliphatic rings. The van der Waals surface area contributed by atoms with Crippen molar-refractivity contribution in [2.24, 2.45) is 5.92 Å². The summed E-state index contributed by atoms with van der Waals surface area (Å²) in [6.07, 6.45) is 0.851. The van der Waals surface area contributed by atoms with Crippen LogP contribution in [0.3, 0.4) is 0 Å². The van der Waals surface area contributed by atoms with Crippen LogP contribution in [-0.4, -0.2) is 30.3 Å². The van der Waals surface area contributed by atoms with Gasteiger partial charge in [0.05, 0.1) is 0 Å². The van der Waals surface area contributed by atoms with Gasteiger partial charge in [-0.05, 0) is 24.9 Å². The number of nitrogens with one attached hydrogen (secondary N) is 1. The summed E-state index contributed by atoms with van der Waals surface area (Å²) >= 11 is 0. The van der Waals surface area contributed by atoms with Gasteiger partial charge in [0, 0.05) is 12.5 Å². The summed E-state index contributed by atoms with van der Waals surface area (Å²) in [5.74, 6) is -0.547. The Morgan fingerprint density at radius 3 is 2.89 bits per heavy atom. The first kappa shape index (κ1) is 13.1. The van der Waals surface area contributed by atoms with Gasteiger partial charge >= 0.3 is 5.97 Å². The van der Waals surface area contributed by atoms with Crippen molar-refractivity contribution in [2.45, 2.75) is 25.6 Å². The van der Waals surface area contributed by atoms with E-state index in [1.54, 1.807) is 0 Å². The van der Waals surface area contributed by atoms with Gasteiger partial charge in [-0.3, -0.25) is 0 Å². The SMILES string of the molecule is O=C(OCc1ccccc1)C(O)C1CCCNC1. The Hall–Kier alpha value is -1.39. The second kappa shape index (κ2) is 6.52. The van der Waals surface area contributed by atoms with Crippen LogP contribution < -0.4 is 5.32 Å². The first-order chi connectivity index (χ1) is 8.77. The van der Waals surface area contributed by atoms with Gasteiger partial charge in [0.15, 0.2) is 6.10 Å². The maximum Gasteiger partial charge on any atom is 0.335 e. The lowest BCUT2D eigenvalue weighted by atomic mass is 9.94. The van der Waals surface area contributed by atoms with Crippen LogP contribution >= 0.6 is 0 Å². The molecule has 4 heteroatoms. The average Bonchev–Trinajstić information content (AvgIpc) is 2.46. The van der Waals surface area contributed by atoms with Crippen LogP contribution in [0.25, 0.3) is 0 Å². The fourth-order valence-electron chi connectivity index (χ4n) is 2.15. The van der Waals surface area contributed by atoms with Crippen molar-refractivity contribution in [3.8, 4) is 0 Å². The number of carbonyl (C=O) groups is 1. The lowest BCUT2D eigenvalue weighted by molar-refractivity contribution is -0.158. The average molecular weight is 249 g/mol. The highest BCUT2D eigenvalue weighted by Gasteiger charge is 2.28. The number of aliphatic hydroxyl groups excluding tert-OH is 1. The van der Waals surface area contributed by atoms with Gasteiger partial charge in [0.1, 0.15) is 6.61 Å². The Balaban J connectivity index is 1.80. The molecule has 1 fully saturated rings. The molecule has 1 aromatic carbocycles. The summed E-state index contributed by atoms with van der Waals surface area (Å²) in [5.41, 5.74) is 0.930. The molecule has 0 amide bonds. The molecule has 2 unspecified atom stereocenters. The molecular formula is C14H19NO3. The highest BCUT2D eigenvalue weighted by Crippen LogP contribution is 2.16. The van der Waals surface area contributed by atoms with E-state index in [2.05, 4.69) is 5.32 Å². The fraction of sp³-hybridized carbons (Fsp3) is 0.500. The standard InChI is InChI=1S/C14H19NO3/c16-13(12-7-4-8-15-9-12)14(17)18-10-11-5-2-1-3-6-11/h1-3,5-6,12-13,15-16H,4,7-10H2. The van der Waals surface area contributed by atoms with E-state index in [-0.39, 0.29) is 12.5 Å². The summed E-state index contributed by atoms with van der Waals surface area (Å²) < 4.78 is 5.13. The smallest absolute Gasteiger partial charge is 0.335 e. The molecule has 0 aliphatic carbocycles. The molecule has 1 aromatic rings. The zero-order chi connectivity index (χ0) is 12.8. The van der Waals surface area contributed by atoms with Crippen molar-refractivity contribution in [3.63, 3.8) is 0 Å². The summed E-state index contributed by atoms with van der Waals surface area (Å²) in [4.78, 5) is 11.7. The Bertz CT molecular complexity index is 374. The second-order valence-corrected chi connectivity index (χ2v) is 4.64. The maximum atomic E-state index is 11.7. The molecule has 2 rings (SSSR count). The summed E-state index contributed by atoms with van der Waals surface area (Å²) in [7, 11) is 0. The first-order valence-electron chi connectivity index (χ1n) is 6.36. The molecule has 98 valence electrons. The molecule has 4 nitrogen and oxygen atoms in total.